The number of rotatable bonds is 4. The molecule has 1 aromatic carbocycles. The molecule has 0 aliphatic heterocycles. The number of Topliss-reactive ketones (excluding diaryl/α,β-unsaturated/α-hetero) is 1. The molecule has 0 heterocycles. The van der Waals surface area contributed by atoms with Gasteiger partial charge in [0.25, 0.3) is 0 Å². The number of hydrogen-bond acceptors (Lipinski definition) is 3. The van der Waals surface area contributed by atoms with Crippen LogP contribution in [0.3, 0.4) is 0 Å². The van der Waals surface area contributed by atoms with Crippen molar-refractivity contribution in [2.75, 3.05) is 6.61 Å². The zero-order valence-corrected chi connectivity index (χ0v) is 12.7. The van der Waals surface area contributed by atoms with Gasteiger partial charge in [0.1, 0.15) is 0 Å². The van der Waals surface area contributed by atoms with Crippen LogP contribution >= 0.6 is 23.2 Å². The molecule has 0 radical (unpaired) electrons. The zero-order chi connectivity index (χ0) is 15.0. The number of halogens is 2. The van der Waals surface area contributed by atoms with E-state index in [1.165, 1.54) is 6.07 Å². The molecule has 110 valence electrons. The fraction of sp³-hybridized carbons (Fsp3) is 0.375. The van der Waals surface area contributed by atoms with Crippen LogP contribution in [-0.2, 0) is 9.53 Å². The predicted molar refractivity (Wildman–Crippen MR) is 80.6 cm³/mol. The van der Waals surface area contributed by atoms with Gasteiger partial charge in [-0.05, 0) is 42.9 Å². The van der Waals surface area contributed by atoms with Crippen LogP contribution in [0.2, 0.25) is 10.0 Å². The van der Waals surface area contributed by atoms with E-state index < -0.39 is 0 Å². The van der Waals surface area contributed by atoms with E-state index >= 15 is 0 Å². The smallest absolute Gasteiger partial charge is 0.310 e. The lowest BCUT2D eigenvalue weighted by atomic mass is 9.94. The molecule has 0 aromatic heterocycles. The maximum absolute atomic E-state index is 12.0. The average molecular weight is 325 g/mol. The third-order valence-corrected chi connectivity index (χ3v) is 4.91. The maximum Gasteiger partial charge on any atom is 0.310 e. The standard InChI is InChI=1S/C16H14Cl2O3/c17-13-4-3-11(7-14(13)18)15(19)8-21-16(20)12-6-9-1-2-10(12)5-9/h1-4,7,9-10,12H,5-6,8H2. The van der Waals surface area contributed by atoms with E-state index in [0.717, 1.165) is 12.8 Å². The number of fused-ring (bicyclic) bond motifs is 2. The Hall–Kier alpha value is -1.32. The molecule has 2 aliphatic rings. The summed E-state index contributed by atoms with van der Waals surface area (Å²) in [6, 6.07) is 4.62. The summed E-state index contributed by atoms with van der Waals surface area (Å²) in [4.78, 5) is 24.0. The highest BCUT2D eigenvalue weighted by Gasteiger charge is 2.40. The molecule has 3 unspecified atom stereocenters. The number of carbonyl (C=O) groups excluding carboxylic acids is 2. The highest BCUT2D eigenvalue weighted by molar-refractivity contribution is 6.42. The highest BCUT2D eigenvalue weighted by Crippen LogP contribution is 2.43. The lowest BCUT2D eigenvalue weighted by molar-refractivity contribution is -0.148. The second-order valence-corrected chi connectivity index (χ2v) is 6.36. The van der Waals surface area contributed by atoms with Crippen molar-refractivity contribution < 1.29 is 14.3 Å². The van der Waals surface area contributed by atoms with Crippen LogP contribution in [0.25, 0.3) is 0 Å². The van der Waals surface area contributed by atoms with E-state index in [1.807, 2.05) is 0 Å². The van der Waals surface area contributed by atoms with Gasteiger partial charge in [-0.3, -0.25) is 9.59 Å². The third kappa shape index (κ3) is 2.99. The van der Waals surface area contributed by atoms with E-state index in [-0.39, 0.29) is 30.2 Å². The molecular weight excluding hydrogens is 311 g/mol. The van der Waals surface area contributed by atoms with Crippen molar-refractivity contribution >= 4 is 35.0 Å². The largest absolute Gasteiger partial charge is 0.457 e. The van der Waals surface area contributed by atoms with Gasteiger partial charge in [0.15, 0.2) is 12.4 Å². The van der Waals surface area contributed by atoms with Crippen LogP contribution in [0.4, 0.5) is 0 Å². The molecule has 21 heavy (non-hydrogen) atoms. The van der Waals surface area contributed by atoms with Crippen LogP contribution in [0.15, 0.2) is 30.4 Å². The predicted octanol–water partition coefficient (Wildman–Crippen LogP) is 3.93. The van der Waals surface area contributed by atoms with Gasteiger partial charge >= 0.3 is 5.97 Å². The summed E-state index contributed by atoms with van der Waals surface area (Å²) in [5.41, 5.74) is 0.394. The molecular formula is C16H14Cl2O3. The van der Waals surface area contributed by atoms with Crippen molar-refractivity contribution in [2.24, 2.45) is 17.8 Å². The molecule has 3 nitrogen and oxygen atoms in total. The fourth-order valence-electron chi connectivity index (χ4n) is 3.05. The summed E-state index contributed by atoms with van der Waals surface area (Å²) in [7, 11) is 0. The van der Waals surface area contributed by atoms with Crippen molar-refractivity contribution in [3.8, 4) is 0 Å². The zero-order valence-electron chi connectivity index (χ0n) is 11.2. The van der Waals surface area contributed by atoms with E-state index in [2.05, 4.69) is 12.2 Å². The summed E-state index contributed by atoms with van der Waals surface area (Å²) in [6.07, 6.45) is 6.11. The topological polar surface area (TPSA) is 43.4 Å². The Balaban J connectivity index is 1.57. The molecule has 0 N–H and O–H groups in total. The van der Waals surface area contributed by atoms with Crippen molar-refractivity contribution in [1.82, 2.24) is 0 Å². The molecule has 1 saturated carbocycles. The fourth-order valence-corrected chi connectivity index (χ4v) is 3.35. The minimum Gasteiger partial charge on any atom is -0.457 e. The lowest BCUT2D eigenvalue weighted by Crippen LogP contribution is -2.24. The van der Waals surface area contributed by atoms with Gasteiger partial charge in [0.05, 0.1) is 16.0 Å². The van der Waals surface area contributed by atoms with E-state index in [4.69, 9.17) is 27.9 Å². The Morgan fingerprint density at radius 3 is 2.57 bits per heavy atom. The van der Waals surface area contributed by atoms with Gasteiger partial charge in [0, 0.05) is 5.56 Å². The summed E-state index contributed by atoms with van der Waals surface area (Å²) < 4.78 is 5.17. The van der Waals surface area contributed by atoms with E-state index in [9.17, 15) is 9.59 Å². The summed E-state index contributed by atoms with van der Waals surface area (Å²) >= 11 is 11.7. The minimum absolute atomic E-state index is 0.0957. The first-order valence-corrected chi connectivity index (χ1v) is 7.63. The number of hydrogen-bond donors (Lipinski definition) is 0. The molecule has 0 saturated heterocycles. The van der Waals surface area contributed by atoms with Crippen LogP contribution in [0.1, 0.15) is 23.2 Å². The summed E-state index contributed by atoms with van der Waals surface area (Å²) in [5.74, 6) is 0.128. The van der Waals surface area contributed by atoms with Crippen LogP contribution in [0.5, 0.6) is 0 Å². The second kappa shape index (κ2) is 5.82. The number of carbonyl (C=O) groups is 2. The second-order valence-electron chi connectivity index (χ2n) is 5.55. The quantitative estimate of drug-likeness (QED) is 0.478. The number of allylic oxidation sites excluding steroid dienone is 2. The number of ketones is 1. The third-order valence-electron chi connectivity index (χ3n) is 4.17. The van der Waals surface area contributed by atoms with Crippen molar-refractivity contribution in [3.05, 3.63) is 46.0 Å². The van der Waals surface area contributed by atoms with Crippen LogP contribution in [-0.4, -0.2) is 18.4 Å². The van der Waals surface area contributed by atoms with Gasteiger partial charge in [-0.1, -0.05) is 35.4 Å². The molecule has 1 fully saturated rings. The van der Waals surface area contributed by atoms with Gasteiger partial charge in [-0.15, -0.1) is 0 Å². The molecule has 0 spiro atoms. The molecule has 0 amide bonds. The van der Waals surface area contributed by atoms with Crippen LogP contribution in [0, 0.1) is 17.8 Å². The Morgan fingerprint density at radius 1 is 1.14 bits per heavy atom. The van der Waals surface area contributed by atoms with Gasteiger partial charge < -0.3 is 4.74 Å². The average Bonchev–Trinajstić information content (AvgIpc) is 3.10. The van der Waals surface area contributed by atoms with Gasteiger partial charge in [-0.25, -0.2) is 0 Å². The molecule has 1 aromatic rings. The Labute approximate surface area is 132 Å². The monoisotopic (exact) mass is 324 g/mol. The molecule has 5 heteroatoms. The van der Waals surface area contributed by atoms with Gasteiger partial charge in [0.2, 0.25) is 0 Å². The summed E-state index contributed by atoms with van der Waals surface area (Å²) in [6.45, 7) is -0.256. The van der Waals surface area contributed by atoms with Gasteiger partial charge in [-0.2, -0.15) is 0 Å². The summed E-state index contributed by atoms with van der Waals surface area (Å²) in [5, 5.41) is 0.700. The van der Waals surface area contributed by atoms with E-state index in [1.54, 1.807) is 12.1 Å². The maximum atomic E-state index is 12.0. The van der Waals surface area contributed by atoms with E-state index in [0.29, 0.717) is 21.5 Å². The Bertz CT molecular complexity index is 624. The first kappa shape index (κ1) is 14.6. The van der Waals surface area contributed by atoms with Crippen molar-refractivity contribution in [1.29, 1.82) is 0 Å². The first-order chi connectivity index (χ1) is 10.0. The molecule has 3 atom stereocenters. The Kier molecular flexibility index (Phi) is 4.05. The molecule has 3 rings (SSSR count). The molecule has 2 bridgehead atoms. The van der Waals surface area contributed by atoms with Crippen LogP contribution < -0.4 is 0 Å². The first-order valence-electron chi connectivity index (χ1n) is 6.88. The number of benzene rings is 1. The Morgan fingerprint density at radius 2 is 1.95 bits per heavy atom. The normalized spacial score (nSPS) is 26.1. The molecule has 2 aliphatic carbocycles. The number of ether oxygens (including phenoxy) is 1. The van der Waals surface area contributed by atoms with Crippen molar-refractivity contribution in [2.45, 2.75) is 12.8 Å². The number of esters is 1. The highest BCUT2D eigenvalue weighted by atomic mass is 35.5. The van der Waals surface area contributed by atoms with Crippen molar-refractivity contribution in [3.63, 3.8) is 0 Å². The minimum atomic E-state index is -0.278. The lowest BCUT2D eigenvalue weighted by Gasteiger charge is -2.16. The SMILES string of the molecule is O=C(COC(=O)C1CC2C=CC1C2)c1ccc(Cl)c(Cl)c1.